The third kappa shape index (κ3) is 5.32. The number of hydrogen-bond acceptors (Lipinski definition) is 5. The lowest BCUT2D eigenvalue weighted by Crippen LogP contribution is -2.35. The minimum atomic E-state index is -0.194. The molecule has 0 bridgehead atoms. The molecule has 0 N–H and O–H groups in total. The first-order chi connectivity index (χ1) is 16.0. The average Bonchev–Trinajstić information content (AvgIpc) is 3.22. The van der Waals surface area contributed by atoms with E-state index < -0.39 is 0 Å². The number of fused-ring (bicyclic) bond motifs is 1. The molecule has 1 aliphatic heterocycles. The molecule has 1 saturated carbocycles. The van der Waals surface area contributed by atoms with E-state index in [9.17, 15) is 14.4 Å². The van der Waals surface area contributed by atoms with Crippen LogP contribution in [0.5, 0.6) is 5.75 Å². The number of aromatic nitrogens is 1. The minimum Gasteiger partial charge on any atom is -0.496 e. The molecule has 0 atom stereocenters. The molecule has 7 nitrogen and oxygen atoms in total. The van der Waals surface area contributed by atoms with Gasteiger partial charge in [-0.25, -0.2) is 0 Å². The van der Waals surface area contributed by atoms with E-state index in [2.05, 4.69) is 0 Å². The van der Waals surface area contributed by atoms with E-state index in [1.165, 1.54) is 32.4 Å². The van der Waals surface area contributed by atoms with Crippen molar-refractivity contribution in [3.8, 4) is 5.75 Å². The maximum atomic E-state index is 13.5. The average molecular weight is 472 g/mol. The van der Waals surface area contributed by atoms with E-state index in [4.69, 9.17) is 4.74 Å². The molecule has 4 rings (SSSR count). The predicted octanol–water partition coefficient (Wildman–Crippen LogP) is 3.55. The molecule has 3 heterocycles. The van der Waals surface area contributed by atoms with Crippen molar-refractivity contribution in [2.24, 2.45) is 5.92 Å². The fourth-order valence-electron chi connectivity index (χ4n) is 5.08. The quantitative estimate of drug-likeness (QED) is 0.646. The first-order valence-electron chi connectivity index (χ1n) is 11.8. The van der Waals surface area contributed by atoms with Crippen molar-refractivity contribution < 1.29 is 14.3 Å². The van der Waals surface area contributed by atoms with Crippen molar-refractivity contribution in [2.75, 3.05) is 27.2 Å². The van der Waals surface area contributed by atoms with Crippen LogP contribution in [-0.4, -0.2) is 53.4 Å². The normalized spacial score (nSPS) is 16.7. The standard InChI is InChI=1S/C25H33N3O4S/c1-26(16-19-9-13-33-17-19)25(31)24-20-8-10-27(22(29)14-18-6-4-3-5-7-18)11-12-28(20)23(30)15-21(24)32-2/h9,13,15,17-18H,3-8,10-12,14,16H2,1-2H3. The zero-order valence-corrected chi connectivity index (χ0v) is 20.4. The predicted molar refractivity (Wildman–Crippen MR) is 129 cm³/mol. The molecule has 0 spiro atoms. The molecule has 2 amide bonds. The van der Waals surface area contributed by atoms with Gasteiger partial charge >= 0.3 is 0 Å². The third-order valence-corrected chi connectivity index (χ3v) is 7.65. The zero-order valence-electron chi connectivity index (χ0n) is 19.5. The van der Waals surface area contributed by atoms with Gasteiger partial charge in [-0.3, -0.25) is 14.4 Å². The summed E-state index contributed by atoms with van der Waals surface area (Å²) in [6, 6.07) is 3.39. The second kappa shape index (κ2) is 10.5. The Balaban J connectivity index is 1.56. The lowest BCUT2D eigenvalue weighted by molar-refractivity contribution is -0.132. The molecule has 2 aromatic rings. The van der Waals surface area contributed by atoms with Crippen LogP contribution in [0.2, 0.25) is 0 Å². The van der Waals surface area contributed by atoms with Crippen LogP contribution in [-0.2, 0) is 24.3 Å². The number of rotatable bonds is 6. The highest BCUT2D eigenvalue weighted by atomic mass is 32.1. The van der Waals surface area contributed by atoms with E-state index in [1.807, 2.05) is 21.7 Å². The Hall–Kier alpha value is -2.61. The van der Waals surface area contributed by atoms with Crippen LogP contribution in [0.15, 0.2) is 27.7 Å². The Kier molecular flexibility index (Phi) is 7.53. The first-order valence-corrected chi connectivity index (χ1v) is 12.8. The lowest BCUT2D eigenvalue weighted by Gasteiger charge is -2.25. The van der Waals surface area contributed by atoms with Gasteiger partial charge in [-0.2, -0.15) is 11.3 Å². The van der Waals surface area contributed by atoms with Crippen molar-refractivity contribution in [1.29, 1.82) is 0 Å². The van der Waals surface area contributed by atoms with Gasteiger partial charge in [-0.15, -0.1) is 0 Å². The van der Waals surface area contributed by atoms with Crippen molar-refractivity contribution in [3.05, 3.63) is 50.1 Å². The highest BCUT2D eigenvalue weighted by Gasteiger charge is 2.29. The van der Waals surface area contributed by atoms with E-state index in [0.717, 1.165) is 18.4 Å². The SMILES string of the molecule is COc1cc(=O)n2c(c1C(=O)N(C)Cc1ccsc1)CCN(C(=O)CC1CCCCC1)CC2. The monoisotopic (exact) mass is 471 g/mol. The highest BCUT2D eigenvalue weighted by Crippen LogP contribution is 2.28. The Morgan fingerprint density at radius 2 is 1.97 bits per heavy atom. The maximum absolute atomic E-state index is 13.5. The molecule has 2 aliphatic rings. The molecule has 0 aromatic carbocycles. The Morgan fingerprint density at radius 3 is 2.67 bits per heavy atom. The van der Waals surface area contributed by atoms with Gasteiger partial charge < -0.3 is 19.1 Å². The minimum absolute atomic E-state index is 0.164. The van der Waals surface area contributed by atoms with Crippen LogP contribution < -0.4 is 10.3 Å². The van der Waals surface area contributed by atoms with Crippen molar-refractivity contribution >= 4 is 23.2 Å². The summed E-state index contributed by atoms with van der Waals surface area (Å²) < 4.78 is 7.13. The first kappa shape index (κ1) is 23.5. The van der Waals surface area contributed by atoms with Gasteiger partial charge in [0.05, 0.1) is 7.11 Å². The number of nitrogens with zero attached hydrogens (tertiary/aromatic N) is 3. The van der Waals surface area contributed by atoms with Gasteiger partial charge in [-0.1, -0.05) is 19.3 Å². The number of thiophene rings is 1. The number of amides is 2. The summed E-state index contributed by atoms with van der Waals surface area (Å²) >= 11 is 1.59. The van der Waals surface area contributed by atoms with E-state index >= 15 is 0 Å². The highest BCUT2D eigenvalue weighted by molar-refractivity contribution is 7.07. The topological polar surface area (TPSA) is 71.8 Å². The van der Waals surface area contributed by atoms with Gasteiger partial charge in [0.25, 0.3) is 11.5 Å². The second-order valence-corrected chi connectivity index (χ2v) is 9.94. The Labute approximate surface area is 199 Å². The summed E-state index contributed by atoms with van der Waals surface area (Å²) in [6.45, 7) is 1.87. The fraction of sp³-hybridized carbons (Fsp3) is 0.560. The number of hydrogen-bond donors (Lipinski definition) is 0. The van der Waals surface area contributed by atoms with Gasteiger partial charge in [0, 0.05) is 57.8 Å². The zero-order chi connectivity index (χ0) is 23.4. The van der Waals surface area contributed by atoms with Gasteiger partial charge in [0.2, 0.25) is 5.91 Å². The van der Waals surface area contributed by atoms with Crippen LogP contribution in [0.25, 0.3) is 0 Å². The fourth-order valence-corrected chi connectivity index (χ4v) is 5.74. The largest absolute Gasteiger partial charge is 0.496 e. The summed E-state index contributed by atoms with van der Waals surface area (Å²) in [4.78, 5) is 42.9. The molecule has 0 radical (unpaired) electrons. The number of pyridine rings is 1. The van der Waals surface area contributed by atoms with Crippen LogP contribution in [0.3, 0.4) is 0 Å². The molecule has 8 heteroatoms. The number of methoxy groups -OCH3 is 1. The molecule has 1 fully saturated rings. The summed E-state index contributed by atoms with van der Waals surface area (Å²) in [5.74, 6) is 0.763. The van der Waals surface area contributed by atoms with Gasteiger partial charge in [0.15, 0.2) is 0 Å². The number of carbonyl (C=O) groups excluding carboxylic acids is 2. The van der Waals surface area contributed by atoms with Crippen LogP contribution in [0.4, 0.5) is 0 Å². The van der Waals surface area contributed by atoms with E-state index in [0.29, 0.717) is 61.9 Å². The van der Waals surface area contributed by atoms with Crippen molar-refractivity contribution in [3.63, 3.8) is 0 Å². The Bertz CT molecular complexity index is 1040. The van der Waals surface area contributed by atoms with Crippen molar-refractivity contribution in [1.82, 2.24) is 14.4 Å². The Morgan fingerprint density at radius 1 is 1.18 bits per heavy atom. The molecule has 0 saturated heterocycles. The maximum Gasteiger partial charge on any atom is 0.259 e. The smallest absolute Gasteiger partial charge is 0.259 e. The summed E-state index contributed by atoms with van der Waals surface area (Å²) in [6.07, 6.45) is 7.00. The number of carbonyl (C=O) groups is 2. The molecule has 0 unspecified atom stereocenters. The van der Waals surface area contributed by atoms with Gasteiger partial charge in [0.1, 0.15) is 11.3 Å². The molecule has 2 aromatic heterocycles. The lowest BCUT2D eigenvalue weighted by atomic mass is 9.86. The van der Waals surface area contributed by atoms with E-state index in [-0.39, 0.29) is 17.4 Å². The second-order valence-electron chi connectivity index (χ2n) is 9.16. The van der Waals surface area contributed by atoms with Crippen LogP contribution >= 0.6 is 11.3 Å². The van der Waals surface area contributed by atoms with Crippen LogP contribution in [0.1, 0.15) is 60.1 Å². The summed E-state index contributed by atoms with van der Waals surface area (Å²) in [5.41, 5.74) is 1.96. The third-order valence-electron chi connectivity index (χ3n) is 6.91. The van der Waals surface area contributed by atoms with Crippen LogP contribution in [0, 0.1) is 5.92 Å². The summed E-state index contributed by atoms with van der Waals surface area (Å²) in [5, 5.41) is 4.01. The van der Waals surface area contributed by atoms with E-state index in [1.54, 1.807) is 27.9 Å². The number of ether oxygens (including phenoxy) is 1. The molecule has 178 valence electrons. The molecular formula is C25H33N3O4S. The van der Waals surface area contributed by atoms with Crippen molar-refractivity contribution in [2.45, 2.75) is 58.0 Å². The molecule has 1 aliphatic carbocycles. The molecule has 33 heavy (non-hydrogen) atoms. The summed E-state index contributed by atoms with van der Waals surface area (Å²) in [7, 11) is 3.25. The van der Waals surface area contributed by atoms with Gasteiger partial charge in [-0.05, 0) is 41.1 Å². The molecular weight excluding hydrogens is 438 g/mol.